The molecule has 2 fully saturated rings. The van der Waals surface area contributed by atoms with E-state index in [1.54, 1.807) is 0 Å². The molecule has 0 unspecified atom stereocenters. The van der Waals surface area contributed by atoms with Crippen LogP contribution in [0.5, 0.6) is 0 Å². The highest BCUT2D eigenvalue weighted by molar-refractivity contribution is 5.02. The first-order valence-corrected chi connectivity index (χ1v) is 5.57. The maximum Gasteiger partial charge on any atom is 0.0205 e. The van der Waals surface area contributed by atoms with E-state index in [0.717, 1.165) is 0 Å². The molecule has 1 aliphatic heterocycles. The van der Waals surface area contributed by atoms with Gasteiger partial charge in [0.1, 0.15) is 0 Å². The van der Waals surface area contributed by atoms with Crippen molar-refractivity contribution in [2.75, 3.05) is 13.1 Å². The smallest absolute Gasteiger partial charge is 0.0205 e. The van der Waals surface area contributed by atoms with Crippen LogP contribution in [0.4, 0.5) is 0 Å². The second-order valence-electron chi connectivity index (χ2n) is 5.38. The predicted octanol–water partition coefficient (Wildman–Crippen LogP) is 2.12. The Morgan fingerprint density at radius 3 is 1.46 bits per heavy atom. The van der Waals surface area contributed by atoms with Gasteiger partial charge in [0.05, 0.1) is 0 Å². The van der Waals surface area contributed by atoms with Crippen molar-refractivity contribution in [3.63, 3.8) is 0 Å². The van der Waals surface area contributed by atoms with Crippen molar-refractivity contribution in [3.05, 3.63) is 0 Å². The SMILES string of the molecule is CC(C)N1CC2(CC2)CN1C(C)C. The van der Waals surface area contributed by atoms with E-state index in [-0.39, 0.29) is 0 Å². The lowest BCUT2D eigenvalue weighted by Gasteiger charge is -2.34. The summed E-state index contributed by atoms with van der Waals surface area (Å²) in [6, 6.07) is 1.34. The number of nitrogens with zero attached hydrogens (tertiary/aromatic N) is 2. The van der Waals surface area contributed by atoms with Crippen LogP contribution >= 0.6 is 0 Å². The molecule has 0 aromatic rings. The van der Waals surface area contributed by atoms with Crippen LogP contribution < -0.4 is 0 Å². The molecule has 0 bridgehead atoms. The van der Waals surface area contributed by atoms with Crippen LogP contribution in [-0.4, -0.2) is 35.2 Å². The zero-order valence-electron chi connectivity index (χ0n) is 9.38. The third-order valence-corrected chi connectivity index (χ3v) is 3.47. The van der Waals surface area contributed by atoms with Gasteiger partial charge in [-0.3, -0.25) is 0 Å². The van der Waals surface area contributed by atoms with Gasteiger partial charge >= 0.3 is 0 Å². The Morgan fingerprint density at radius 2 is 1.23 bits per heavy atom. The van der Waals surface area contributed by atoms with Crippen molar-refractivity contribution >= 4 is 0 Å². The van der Waals surface area contributed by atoms with E-state index in [4.69, 9.17) is 0 Å². The lowest BCUT2D eigenvalue weighted by Crippen LogP contribution is -2.44. The highest BCUT2D eigenvalue weighted by Gasteiger charge is 2.52. The molecule has 0 atom stereocenters. The van der Waals surface area contributed by atoms with E-state index < -0.39 is 0 Å². The molecule has 0 amide bonds. The minimum atomic E-state index is 0.669. The monoisotopic (exact) mass is 182 g/mol. The Hall–Kier alpha value is -0.0800. The molecule has 76 valence electrons. The maximum absolute atomic E-state index is 2.57. The molecule has 2 nitrogen and oxygen atoms in total. The molecule has 1 saturated heterocycles. The van der Waals surface area contributed by atoms with Gasteiger partial charge < -0.3 is 0 Å². The highest BCUT2D eigenvalue weighted by Crippen LogP contribution is 2.51. The van der Waals surface area contributed by atoms with Crippen molar-refractivity contribution < 1.29 is 0 Å². The number of hydrogen-bond acceptors (Lipinski definition) is 2. The first-order chi connectivity index (χ1) is 6.04. The third kappa shape index (κ3) is 1.62. The summed E-state index contributed by atoms with van der Waals surface area (Å²) in [5, 5.41) is 5.13. The normalized spacial score (nSPS) is 28.2. The molecule has 0 radical (unpaired) electrons. The van der Waals surface area contributed by atoms with E-state index in [2.05, 4.69) is 37.7 Å². The van der Waals surface area contributed by atoms with Crippen LogP contribution in [0, 0.1) is 5.41 Å². The van der Waals surface area contributed by atoms with Gasteiger partial charge in [-0.15, -0.1) is 0 Å². The molecule has 0 aromatic heterocycles. The lowest BCUT2D eigenvalue weighted by atomic mass is 10.1. The predicted molar refractivity (Wildman–Crippen MR) is 55.4 cm³/mol. The molecular weight excluding hydrogens is 160 g/mol. The first-order valence-electron chi connectivity index (χ1n) is 5.57. The summed E-state index contributed by atoms with van der Waals surface area (Å²) in [7, 11) is 0. The van der Waals surface area contributed by atoms with Gasteiger partial charge in [-0.25, -0.2) is 10.0 Å². The Bertz CT molecular complexity index is 176. The third-order valence-electron chi connectivity index (χ3n) is 3.47. The molecular formula is C11H22N2. The fraction of sp³-hybridized carbons (Fsp3) is 1.00. The Morgan fingerprint density at radius 1 is 0.846 bits per heavy atom. The first kappa shape index (κ1) is 9.47. The van der Waals surface area contributed by atoms with Crippen molar-refractivity contribution in [1.82, 2.24) is 10.0 Å². The second kappa shape index (κ2) is 2.96. The quantitative estimate of drug-likeness (QED) is 0.645. The van der Waals surface area contributed by atoms with Gasteiger partial charge in [-0.2, -0.15) is 0 Å². The van der Waals surface area contributed by atoms with E-state index in [9.17, 15) is 0 Å². The fourth-order valence-electron chi connectivity index (χ4n) is 2.37. The molecule has 1 saturated carbocycles. The zero-order chi connectivity index (χ0) is 9.64. The topological polar surface area (TPSA) is 6.48 Å². The Balaban J connectivity index is 2.07. The second-order valence-corrected chi connectivity index (χ2v) is 5.38. The maximum atomic E-state index is 2.57. The van der Waals surface area contributed by atoms with Crippen LogP contribution in [-0.2, 0) is 0 Å². The number of hydrazine groups is 1. The average Bonchev–Trinajstić information content (AvgIpc) is 2.60. The molecule has 1 spiro atoms. The molecule has 2 rings (SSSR count). The molecule has 1 heterocycles. The Kier molecular flexibility index (Phi) is 2.16. The minimum Gasteiger partial charge on any atom is -0.238 e. The number of hydrogen-bond donors (Lipinski definition) is 0. The summed E-state index contributed by atoms with van der Waals surface area (Å²) in [5.41, 5.74) is 0.703. The largest absolute Gasteiger partial charge is 0.238 e. The molecule has 2 aliphatic rings. The van der Waals surface area contributed by atoms with Gasteiger partial charge in [-0.05, 0) is 46.0 Å². The molecule has 1 aliphatic carbocycles. The minimum absolute atomic E-state index is 0.669. The van der Waals surface area contributed by atoms with E-state index in [1.807, 2.05) is 0 Å². The van der Waals surface area contributed by atoms with Crippen LogP contribution in [0.15, 0.2) is 0 Å². The van der Waals surface area contributed by atoms with Crippen molar-refractivity contribution in [2.45, 2.75) is 52.6 Å². The van der Waals surface area contributed by atoms with Gasteiger partial charge in [0.25, 0.3) is 0 Å². The summed E-state index contributed by atoms with van der Waals surface area (Å²) in [6.07, 6.45) is 2.92. The molecule has 13 heavy (non-hydrogen) atoms. The zero-order valence-corrected chi connectivity index (χ0v) is 9.38. The lowest BCUT2D eigenvalue weighted by molar-refractivity contribution is -0.0272. The van der Waals surface area contributed by atoms with Gasteiger partial charge in [0, 0.05) is 25.2 Å². The summed E-state index contributed by atoms with van der Waals surface area (Å²) < 4.78 is 0. The molecule has 2 heteroatoms. The summed E-state index contributed by atoms with van der Waals surface area (Å²) in [5.74, 6) is 0. The van der Waals surface area contributed by atoms with Crippen molar-refractivity contribution in [3.8, 4) is 0 Å². The van der Waals surface area contributed by atoms with Crippen molar-refractivity contribution in [2.24, 2.45) is 5.41 Å². The summed E-state index contributed by atoms with van der Waals surface area (Å²) >= 11 is 0. The van der Waals surface area contributed by atoms with Crippen LogP contribution in [0.2, 0.25) is 0 Å². The molecule has 0 aromatic carbocycles. The molecule has 0 N–H and O–H groups in total. The van der Waals surface area contributed by atoms with E-state index in [0.29, 0.717) is 17.5 Å². The van der Waals surface area contributed by atoms with Crippen LogP contribution in [0.3, 0.4) is 0 Å². The Labute approximate surface area is 81.9 Å². The van der Waals surface area contributed by atoms with Gasteiger partial charge in [-0.1, -0.05) is 0 Å². The average molecular weight is 182 g/mol. The highest BCUT2D eigenvalue weighted by atomic mass is 15.7. The summed E-state index contributed by atoms with van der Waals surface area (Å²) in [6.45, 7) is 11.8. The van der Waals surface area contributed by atoms with Crippen LogP contribution in [0.1, 0.15) is 40.5 Å². The van der Waals surface area contributed by atoms with Gasteiger partial charge in [0.15, 0.2) is 0 Å². The van der Waals surface area contributed by atoms with Crippen LogP contribution in [0.25, 0.3) is 0 Å². The van der Waals surface area contributed by atoms with Gasteiger partial charge in [0.2, 0.25) is 0 Å². The van der Waals surface area contributed by atoms with E-state index in [1.165, 1.54) is 25.9 Å². The van der Waals surface area contributed by atoms with E-state index >= 15 is 0 Å². The number of rotatable bonds is 2. The van der Waals surface area contributed by atoms with Crippen molar-refractivity contribution in [1.29, 1.82) is 0 Å². The summed E-state index contributed by atoms with van der Waals surface area (Å²) in [4.78, 5) is 0. The fourth-order valence-corrected chi connectivity index (χ4v) is 2.37. The standard InChI is InChI=1S/C11H22N2/c1-9(2)12-7-11(5-6-11)8-13(12)10(3)4/h9-10H,5-8H2,1-4H3.